The molecule has 0 heterocycles. The van der Waals surface area contributed by atoms with Gasteiger partial charge in [0.2, 0.25) is 5.91 Å². The molecule has 0 fully saturated rings. The Morgan fingerprint density at radius 1 is 1.30 bits per heavy atom. The number of halogens is 2. The molecule has 2 aromatic carbocycles. The second kappa shape index (κ2) is 6.21. The molecule has 0 aliphatic heterocycles. The molecule has 2 aromatic rings. The molecule has 0 aliphatic carbocycles. The Labute approximate surface area is 130 Å². The molecule has 3 N–H and O–H groups in total. The van der Waals surface area contributed by atoms with E-state index in [0.29, 0.717) is 14.9 Å². The van der Waals surface area contributed by atoms with Crippen LogP contribution >= 0.6 is 22.6 Å². The number of hydrogen-bond donors (Lipinski definition) is 2. The minimum Gasteiger partial charge on any atom is -0.399 e. The smallest absolute Gasteiger partial charge is 0.231 e. The number of carbonyl (C=O) groups excluding carboxylic acids is 1. The molecule has 0 radical (unpaired) electrons. The molecule has 0 saturated carbocycles. The third-order valence-electron chi connectivity index (χ3n) is 2.99. The lowest BCUT2D eigenvalue weighted by Crippen LogP contribution is -2.19. The van der Waals surface area contributed by atoms with E-state index in [1.54, 1.807) is 25.1 Å². The Morgan fingerprint density at radius 2 is 2.05 bits per heavy atom. The number of nitrogens with two attached hydrogens (primary N) is 1. The third kappa shape index (κ3) is 3.47. The van der Waals surface area contributed by atoms with Crippen LogP contribution in [0.3, 0.4) is 0 Å². The van der Waals surface area contributed by atoms with E-state index in [-0.39, 0.29) is 17.6 Å². The first-order chi connectivity index (χ1) is 9.47. The molecular formula is C15H14FIN2O. The number of rotatable bonds is 3. The van der Waals surface area contributed by atoms with Crippen LogP contribution in [0.4, 0.5) is 15.8 Å². The van der Waals surface area contributed by atoms with Crippen LogP contribution in [0.5, 0.6) is 0 Å². The van der Waals surface area contributed by atoms with E-state index in [2.05, 4.69) is 5.32 Å². The quantitative estimate of drug-likeness (QED) is 0.626. The highest BCUT2D eigenvalue weighted by Crippen LogP contribution is 2.23. The average Bonchev–Trinajstić information content (AvgIpc) is 2.41. The summed E-state index contributed by atoms with van der Waals surface area (Å²) in [5, 5.41) is 2.80. The highest BCUT2D eigenvalue weighted by atomic mass is 127. The van der Waals surface area contributed by atoms with Gasteiger partial charge in [0, 0.05) is 9.26 Å². The van der Waals surface area contributed by atoms with Crippen LogP contribution in [-0.4, -0.2) is 5.91 Å². The van der Waals surface area contributed by atoms with Crippen molar-refractivity contribution in [3.63, 3.8) is 0 Å². The molecule has 5 heteroatoms. The number of nitrogen functional groups attached to an aromatic ring is 1. The normalized spacial score (nSPS) is 11.9. The SMILES string of the molecule is CC(C(=O)Nc1ccc(F)cc1I)c1cccc(N)c1. The van der Waals surface area contributed by atoms with E-state index < -0.39 is 0 Å². The zero-order valence-electron chi connectivity index (χ0n) is 10.9. The number of benzene rings is 2. The van der Waals surface area contributed by atoms with Gasteiger partial charge in [0.1, 0.15) is 5.82 Å². The summed E-state index contributed by atoms with van der Waals surface area (Å²) in [7, 11) is 0. The summed E-state index contributed by atoms with van der Waals surface area (Å²) in [6, 6.07) is 11.5. The fraction of sp³-hybridized carbons (Fsp3) is 0.133. The van der Waals surface area contributed by atoms with Crippen LogP contribution in [0.2, 0.25) is 0 Å². The van der Waals surface area contributed by atoms with E-state index in [1.807, 2.05) is 34.7 Å². The molecule has 1 amide bonds. The summed E-state index contributed by atoms with van der Waals surface area (Å²) in [6.45, 7) is 1.81. The summed E-state index contributed by atoms with van der Waals surface area (Å²) < 4.78 is 13.7. The number of hydrogen-bond acceptors (Lipinski definition) is 2. The molecule has 0 spiro atoms. The van der Waals surface area contributed by atoms with Crippen molar-refractivity contribution in [3.05, 3.63) is 57.4 Å². The third-order valence-corrected chi connectivity index (χ3v) is 3.89. The fourth-order valence-electron chi connectivity index (χ4n) is 1.81. The van der Waals surface area contributed by atoms with Crippen molar-refractivity contribution in [2.24, 2.45) is 0 Å². The zero-order valence-corrected chi connectivity index (χ0v) is 13.0. The van der Waals surface area contributed by atoms with Crippen molar-refractivity contribution in [1.82, 2.24) is 0 Å². The van der Waals surface area contributed by atoms with Crippen LogP contribution < -0.4 is 11.1 Å². The Hall–Kier alpha value is -1.63. The first kappa shape index (κ1) is 14.8. The second-order valence-electron chi connectivity index (χ2n) is 4.51. The van der Waals surface area contributed by atoms with Crippen molar-refractivity contribution in [2.45, 2.75) is 12.8 Å². The van der Waals surface area contributed by atoms with Gasteiger partial charge in [-0.25, -0.2) is 4.39 Å². The van der Waals surface area contributed by atoms with Crippen molar-refractivity contribution >= 4 is 39.9 Å². The average molecular weight is 384 g/mol. The van der Waals surface area contributed by atoms with E-state index in [4.69, 9.17) is 5.73 Å². The van der Waals surface area contributed by atoms with Gasteiger partial charge in [-0.05, 0) is 65.4 Å². The lowest BCUT2D eigenvalue weighted by molar-refractivity contribution is -0.117. The van der Waals surface area contributed by atoms with Gasteiger partial charge in [-0.15, -0.1) is 0 Å². The molecule has 3 nitrogen and oxygen atoms in total. The summed E-state index contributed by atoms with van der Waals surface area (Å²) in [4.78, 5) is 12.2. The van der Waals surface area contributed by atoms with Gasteiger partial charge >= 0.3 is 0 Å². The van der Waals surface area contributed by atoms with Crippen molar-refractivity contribution in [1.29, 1.82) is 0 Å². The topological polar surface area (TPSA) is 55.1 Å². The molecular weight excluding hydrogens is 370 g/mol. The van der Waals surface area contributed by atoms with Crippen molar-refractivity contribution < 1.29 is 9.18 Å². The van der Waals surface area contributed by atoms with Crippen LogP contribution in [-0.2, 0) is 4.79 Å². The Kier molecular flexibility index (Phi) is 4.59. The zero-order chi connectivity index (χ0) is 14.7. The predicted molar refractivity (Wildman–Crippen MR) is 87.0 cm³/mol. The molecule has 20 heavy (non-hydrogen) atoms. The molecule has 104 valence electrons. The van der Waals surface area contributed by atoms with E-state index in [9.17, 15) is 9.18 Å². The molecule has 1 unspecified atom stereocenters. The highest BCUT2D eigenvalue weighted by molar-refractivity contribution is 14.1. The maximum absolute atomic E-state index is 13.0. The van der Waals surface area contributed by atoms with Gasteiger partial charge in [0.25, 0.3) is 0 Å². The summed E-state index contributed by atoms with van der Waals surface area (Å²) in [5.41, 5.74) is 7.79. The van der Waals surface area contributed by atoms with E-state index >= 15 is 0 Å². The highest BCUT2D eigenvalue weighted by Gasteiger charge is 2.16. The molecule has 0 aromatic heterocycles. The second-order valence-corrected chi connectivity index (χ2v) is 5.67. The summed E-state index contributed by atoms with van der Waals surface area (Å²) >= 11 is 1.99. The van der Waals surface area contributed by atoms with Gasteiger partial charge in [-0.1, -0.05) is 12.1 Å². The van der Waals surface area contributed by atoms with Gasteiger partial charge in [-0.2, -0.15) is 0 Å². The van der Waals surface area contributed by atoms with E-state index in [0.717, 1.165) is 5.56 Å². The molecule has 1 atom stereocenters. The van der Waals surface area contributed by atoms with Gasteiger partial charge in [-0.3, -0.25) is 4.79 Å². The Morgan fingerprint density at radius 3 is 2.70 bits per heavy atom. The minimum atomic E-state index is -0.334. The van der Waals surface area contributed by atoms with Crippen molar-refractivity contribution in [2.75, 3.05) is 11.1 Å². The number of amides is 1. The summed E-state index contributed by atoms with van der Waals surface area (Å²) in [6.07, 6.45) is 0. The first-order valence-electron chi connectivity index (χ1n) is 6.08. The number of nitrogens with one attached hydrogen (secondary N) is 1. The van der Waals surface area contributed by atoms with Crippen LogP contribution in [0, 0.1) is 9.39 Å². The van der Waals surface area contributed by atoms with Crippen molar-refractivity contribution in [3.8, 4) is 0 Å². The monoisotopic (exact) mass is 384 g/mol. The van der Waals surface area contributed by atoms with Crippen LogP contribution in [0.1, 0.15) is 18.4 Å². The maximum Gasteiger partial charge on any atom is 0.231 e. The Balaban J connectivity index is 2.15. The molecule has 0 saturated heterocycles. The van der Waals surface area contributed by atoms with Gasteiger partial charge in [0.05, 0.1) is 11.6 Å². The molecule has 2 rings (SSSR count). The minimum absolute atomic E-state index is 0.153. The van der Waals surface area contributed by atoms with Crippen LogP contribution in [0.15, 0.2) is 42.5 Å². The first-order valence-corrected chi connectivity index (χ1v) is 7.16. The maximum atomic E-state index is 13.0. The van der Waals surface area contributed by atoms with Gasteiger partial charge < -0.3 is 11.1 Å². The largest absolute Gasteiger partial charge is 0.399 e. The standard InChI is InChI=1S/C15H14FIN2O/c1-9(10-3-2-4-12(18)7-10)15(20)19-14-6-5-11(16)8-13(14)17/h2-9H,18H2,1H3,(H,19,20). The van der Waals surface area contributed by atoms with Gasteiger partial charge in [0.15, 0.2) is 0 Å². The molecule has 0 bridgehead atoms. The number of anilines is 2. The van der Waals surface area contributed by atoms with Crippen LogP contribution in [0.25, 0.3) is 0 Å². The van der Waals surface area contributed by atoms with E-state index in [1.165, 1.54) is 12.1 Å². The fourth-order valence-corrected chi connectivity index (χ4v) is 2.42. The summed E-state index contributed by atoms with van der Waals surface area (Å²) in [5.74, 6) is -0.809. The molecule has 0 aliphatic rings. The predicted octanol–water partition coefficient (Wildman–Crippen LogP) is 3.75. The lowest BCUT2D eigenvalue weighted by atomic mass is 10.00. The lowest BCUT2D eigenvalue weighted by Gasteiger charge is -2.14. The number of carbonyl (C=O) groups is 1. The Bertz CT molecular complexity index is 646.